The maximum absolute atomic E-state index is 11.8. The predicted molar refractivity (Wildman–Crippen MR) is 72.8 cm³/mol. The number of hydrogen-bond donors (Lipinski definition) is 1. The zero-order chi connectivity index (χ0) is 14.1. The first-order valence-corrected chi connectivity index (χ1v) is 6.01. The molecular weight excluding hydrogens is 258 g/mol. The van der Waals surface area contributed by atoms with Crippen LogP contribution in [0.25, 0.3) is 0 Å². The van der Waals surface area contributed by atoms with Gasteiger partial charge in [-0.1, -0.05) is 18.2 Å². The van der Waals surface area contributed by atoms with Crippen molar-refractivity contribution in [3.05, 3.63) is 48.7 Å². The first kappa shape index (κ1) is 12.2. The Morgan fingerprint density at radius 2 is 1.75 bits per heavy atom. The molecule has 0 aliphatic carbocycles. The largest absolute Gasteiger partial charge is 0.474 e. The van der Waals surface area contributed by atoms with Crippen molar-refractivity contribution in [2.24, 2.45) is 0 Å². The molecule has 0 saturated heterocycles. The van der Waals surface area contributed by atoms with Crippen molar-refractivity contribution in [2.45, 2.75) is 0 Å². The summed E-state index contributed by atoms with van der Waals surface area (Å²) < 4.78 is 0. The van der Waals surface area contributed by atoms with Gasteiger partial charge in [0.1, 0.15) is 12.5 Å². The monoisotopic (exact) mass is 269 g/mol. The molecule has 0 radical (unpaired) electrons. The van der Waals surface area contributed by atoms with E-state index in [0.717, 1.165) is 5.69 Å². The van der Waals surface area contributed by atoms with E-state index in [2.05, 4.69) is 4.98 Å². The maximum atomic E-state index is 11.8. The number of carbonyl (C=O) groups excluding carboxylic acids is 1. The molecule has 2 heterocycles. The molecular formula is C14H11N3O3. The Balaban J connectivity index is 2.05. The number of benzene rings is 1. The van der Waals surface area contributed by atoms with Crippen molar-refractivity contribution in [3.63, 3.8) is 0 Å². The lowest BCUT2D eigenvalue weighted by atomic mass is 10.2. The second-order valence-electron chi connectivity index (χ2n) is 4.28. The van der Waals surface area contributed by atoms with Gasteiger partial charge in [-0.25, -0.2) is 9.78 Å². The fourth-order valence-electron chi connectivity index (χ4n) is 2.21. The highest BCUT2D eigenvalue weighted by Crippen LogP contribution is 2.39. The minimum Gasteiger partial charge on any atom is -0.474 e. The van der Waals surface area contributed by atoms with E-state index in [1.165, 1.54) is 4.90 Å². The highest BCUT2D eigenvalue weighted by molar-refractivity contribution is 6.38. The summed E-state index contributed by atoms with van der Waals surface area (Å²) in [6, 6.07) is 12.6. The molecule has 0 saturated carbocycles. The Bertz CT molecular complexity index is 672. The third kappa shape index (κ3) is 1.87. The molecule has 1 aromatic carbocycles. The highest BCUT2D eigenvalue weighted by Gasteiger charge is 2.34. The van der Waals surface area contributed by atoms with E-state index < -0.39 is 11.9 Å². The lowest BCUT2D eigenvalue weighted by Gasteiger charge is -2.18. The smallest absolute Gasteiger partial charge is 0.395 e. The van der Waals surface area contributed by atoms with Gasteiger partial charge in [0.25, 0.3) is 0 Å². The second kappa shape index (κ2) is 4.65. The van der Waals surface area contributed by atoms with Crippen LogP contribution in [0.3, 0.4) is 0 Å². The molecule has 100 valence electrons. The third-order valence-electron chi connectivity index (χ3n) is 3.10. The SMILES string of the molecule is O=C(O)C(=O)N1CN(c2ccccn2)c2ccccc21. The molecule has 6 nitrogen and oxygen atoms in total. The molecule has 0 unspecified atom stereocenters. The van der Waals surface area contributed by atoms with Crippen LogP contribution in [0.4, 0.5) is 17.2 Å². The molecule has 0 atom stereocenters. The third-order valence-corrected chi connectivity index (χ3v) is 3.10. The van der Waals surface area contributed by atoms with Crippen molar-refractivity contribution in [2.75, 3.05) is 16.5 Å². The Labute approximate surface area is 114 Å². The normalized spacial score (nSPS) is 13.2. The standard InChI is InChI=1S/C14H11N3O3/c18-13(14(19)20)17-9-16(12-7-3-4-8-15-12)10-5-1-2-6-11(10)17/h1-8H,9H2,(H,19,20). The molecule has 2 aromatic rings. The van der Waals surface area contributed by atoms with Gasteiger partial charge in [0.2, 0.25) is 0 Å². The van der Waals surface area contributed by atoms with Crippen LogP contribution in [0, 0.1) is 0 Å². The number of aromatic nitrogens is 1. The van der Waals surface area contributed by atoms with Crippen LogP contribution in [0.15, 0.2) is 48.7 Å². The Hall–Kier alpha value is -2.89. The highest BCUT2D eigenvalue weighted by atomic mass is 16.4. The molecule has 0 bridgehead atoms. The predicted octanol–water partition coefficient (Wildman–Crippen LogP) is 1.61. The van der Waals surface area contributed by atoms with Crippen molar-refractivity contribution >= 4 is 29.1 Å². The molecule has 0 fully saturated rings. The van der Waals surface area contributed by atoms with E-state index in [4.69, 9.17) is 5.11 Å². The minimum atomic E-state index is -1.47. The number of nitrogens with zero attached hydrogens (tertiary/aromatic N) is 3. The first-order valence-electron chi connectivity index (χ1n) is 6.01. The quantitative estimate of drug-likeness (QED) is 0.796. The average Bonchev–Trinajstić information content (AvgIpc) is 2.87. The molecule has 1 aromatic heterocycles. The summed E-state index contributed by atoms with van der Waals surface area (Å²) in [6.45, 7) is 0.140. The average molecular weight is 269 g/mol. The van der Waals surface area contributed by atoms with E-state index in [9.17, 15) is 9.59 Å². The number of hydrogen-bond acceptors (Lipinski definition) is 4. The van der Waals surface area contributed by atoms with Crippen LogP contribution in [0.5, 0.6) is 0 Å². The van der Waals surface area contributed by atoms with E-state index in [1.807, 2.05) is 24.3 Å². The Kier molecular flexibility index (Phi) is 2.83. The topological polar surface area (TPSA) is 73.7 Å². The van der Waals surface area contributed by atoms with Gasteiger partial charge in [-0.15, -0.1) is 0 Å². The lowest BCUT2D eigenvalue weighted by molar-refractivity contribution is -0.148. The van der Waals surface area contributed by atoms with Crippen molar-refractivity contribution in [3.8, 4) is 0 Å². The van der Waals surface area contributed by atoms with E-state index in [-0.39, 0.29) is 6.67 Å². The summed E-state index contributed by atoms with van der Waals surface area (Å²) in [7, 11) is 0. The van der Waals surface area contributed by atoms with E-state index in [0.29, 0.717) is 11.5 Å². The van der Waals surface area contributed by atoms with Crippen LogP contribution < -0.4 is 9.80 Å². The summed E-state index contributed by atoms with van der Waals surface area (Å²) in [5.74, 6) is -1.75. The van der Waals surface area contributed by atoms with Crippen LogP contribution in [0.2, 0.25) is 0 Å². The number of rotatable bonds is 1. The number of carboxylic acids is 1. The van der Waals surface area contributed by atoms with E-state index >= 15 is 0 Å². The number of carboxylic acid groups (broad SMARTS) is 1. The van der Waals surface area contributed by atoms with Gasteiger partial charge in [0.05, 0.1) is 11.4 Å². The number of para-hydroxylation sites is 2. The molecule has 3 rings (SSSR count). The van der Waals surface area contributed by atoms with Gasteiger partial charge < -0.3 is 10.0 Å². The first-order chi connectivity index (χ1) is 9.68. The molecule has 1 aliphatic rings. The van der Waals surface area contributed by atoms with Crippen LogP contribution in [-0.2, 0) is 9.59 Å². The van der Waals surface area contributed by atoms with Gasteiger partial charge >= 0.3 is 11.9 Å². The van der Waals surface area contributed by atoms with Gasteiger partial charge in [-0.05, 0) is 24.3 Å². The zero-order valence-corrected chi connectivity index (χ0v) is 10.4. The van der Waals surface area contributed by atoms with Crippen LogP contribution in [0.1, 0.15) is 0 Å². The van der Waals surface area contributed by atoms with Crippen molar-refractivity contribution < 1.29 is 14.7 Å². The maximum Gasteiger partial charge on any atom is 0.395 e. The number of pyridine rings is 1. The number of anilines is 3. The van der Waals surface area contributed by atoms with Crippen molar-refractivity contribution in [1.29, 1.82) is 0 Å². The van der Waals surface area contributed by atoms with Gasteiger partial charge in [0.15, 0.2) is 0 Å². The van der Waals surface area contributed by atoms with E-state index in [1.54, 1.807) is 29.3 Å². The molecule has 20 heavy (non-hydrogen) atoms. The molecule has 0 spiro atoms. The second-order valence-corrected chi connectivity index (χ2v) is 4.28. The van der Waals surface area contributed by atoms with Gasteiger partial charge in [0, 0.05) is 6.20 Å². The fraction of sp³-hybridized carbons (Fsp3) is 0.0714. The summed E-state index contributed by atoms with van der Waals surface area (Å²) in [5, 5.41) is 8.90. The Morgan fingerprint density at radius 3 is 2.40 bits per heavy atom. The van der Waals surface area contributed by atoms with Crippen molar-refractivity contribution in [1.82, 2.24) is 4.98 Å². The summed E-state index contributed by atoms with van der Waals surface area (Å²) in [4.78, 5) is 29.9. The Morgan fingerprint density at radius 1 is 1.05 bits per heavy atom. The number of aliphatic carboxylic acids is 1. The lowest BCUT2D eigenvalue weighted by Crippen LogP contribution is -2.38. The summed E-state index contributed by atoms with van der Waals surface area (Å²) in [6.07, 6.45) is 1.65. The van der Waals surface area contributed by atoms with Gasteiger partial charge in [-0.2, -0.15) is 0 Å². The van der Waals surface area contributed by atoms with Crippen LogP contribution >= 0.6 is 0 Å². The van der Waals surface area contributed by atoms with Crippen LogP contribution in [-0.4, -0.2) is 28.6 Å². The zero-order valence-electron chi connectivity index (χ0n) is 10.4. The molecule has 1 aliphatic heterocycles. The summed E-state index contributed by atoms with van der Waals surface area (Å²) in [5.41, 5.74) is 1.34. The molecule has 1 N–H and O–H groups in total. The number of carbonyl (C=O) groups is 2. The van der Waals surface area contributed by atoms with Gasteiger partial charge in [-0.3, -0.25) is 9.69 Å². The number of amides is 1. The summed E-state index contributed by atoms with van der Waals surface area (Å²) >= 11 is 0. The molecule has 1 amide bonds. The minimum absolute atomic E-state index is 0.140. The number of fused-ring (bicyclic) bond motifs is 1. The fourth-order valence-corrected chi connectivity index (χ4v) is 2.21. The molecule has 6 heteroatoms.